The van der Waals surface area contributed by atoms with Crippen LogP contribution in [0.3, 0.4) is 0 Å². The topological polar surface area (TPSA) is 78.8 Å². The van der Waals surface area contributed by atoms with Gasteiger partial charge in [0, 0.05) is 31.4 Å². The monoisotopic (exact) mass is 396 g/mol. The van der Waals surface area contributed by atoms with Crippen LogP contribution in [0.25, 0.3) is 0 Å². The van der Waals surface area contributed by atoms with Crippen LogP contribution in [0.5, 0.6) is 5.75 Å². The van der Waals surface area contributed by atoms with E-state index in [9.17, 15) is 18.3 Å². The van der Waals surface area contributed by atoms with Gasteiger partial charge in [-0.1, -0.05) is 18.2 Å². The molecule has 0 aliphatic rings. The van der Waals surface area contributed by atoms with Crippen LogP contribution in [0.15, 0.2) is 53.7 Å². The Hall–Kier alpha value is -2.81. The molecule has 2 aromatic rings. The van der Waals surface area contributed by atoms with E-state index in [1.54, 1.807) is 6.20 Å². The molecule has 1 atom stereocenters. The molecule has 1 heterocycles. The van der Waals surface area contributed by atoms with Crippen LogP contribution >= 0.6 is 0 Å². The molecule has 0 spiro atoms. The number of aromatic nitrogens is 1. The molecule has 3 N–H and O–H groups in total. The molecule has 0 saturated heterocycles. The molecule has 0 amide bonds. The van der Waals surface area contributed by atoms with E-state index in [0.717, 1.165) is 17.8 Å². The minimum absolute atomic E-state index is 0.0540. The molecular weight excluding hydrogens is 373 g/mol. The van der Waals surface area contributed by atoms with E-state index in [4.69, 9.17) is 0 Å². The number of benzene rings is 1. The maximum atomic E-state index is 12.2. The summed E-state index contributed by atoms with van der Waals surface area (Å²) in [4.78, 5) is 8.56. The van der Waals surface area contributed by atoms with Crippen LogP contribution in [0.4, 0.5) is 13.2 Å². The summed E-state index contributed by atoms with van der Waals surface area (Å²) < 4.78 is 40.4. The SMILES string of the molecule is CCNC(=NCC(O)c1ccc(OC(F)(F)F)cc1)NCCc1ccccn1. The first-order valence-corrected chi connectivity index (χ1v) is 8.83. The van der Waals surface area contributed by atoms with Crippen molar-refractivity contribution in [1.29, 1.82) is 0 Å². The highest BCUT2D eigenvalue weighted by Gasteiger charge is 2.31. The fourth-order valence-electron chi connectivity index (χ4n) is 2.37. The van der Waals surface area contributed by atoms with Crippen molar-refractivity contribution in [2.75, 3.05) is 19.6 Å². The van der Waals surface area contributed by atoms with Gasteiger partial charge in [-0.3, -0.25) is 9.98 Å². The van der Waals surface area contributed by atoms with Crippen LogP contribution in [0, 0.1) is 0 Å². The van der Waals surface area contributed by atoms with Gasteiger partial charge in [0.2, 0.25) is 0 Å². The van der Waals surface area contributed by atoms with Crippen molar-refractivity contribution < 1.29 is 23.0 Å². The normalized spacial score (nSPS) is 13.1. The lowest BCUT2D eigenvalue weighted by atomic mass is 10.1. The van der Waals surface area contributed by atoms with Gasteiger partial charge >= 0.3 is 6.36 Å². The molecule has 1 aromatic heterocycles. The van der Waals surface area contributed by atoms with E-state index in [1.807, 2.05) is 25.1 Å². The van der Waals surface area contributed by atoms with Crippen molar-refractivity contribution in [3.8, 4) is 5.75 Å². The molecule has 0 fully saturated rings. The highest BCUT2D eigenvalue weighted by Crippen LogP contribution is 2.24. The predicted octanol–water partition coefficient (Wildman–Crippen LogP) is 2.81. The first-order valence-electron chi connectivity index (χ1n) is 8.83. The Balaban J connectivity index is 1.88. The number of ether oxygens (including phenoxy) is 1. The van der Waals surface area contributed by atoms with E-state index in [2.05, 4.69) is 25.3 Å². The summed E-state index contributed by atoms with van der Waals surface area (Å²) in [5.74, 6) is 0.200. The van der Waals surface area contributed by atoms with Crippen LogP contribution in [0.2, 0.25) is 0 Å². The molecule has 1 aromatic carbocycles. The van der Waals surface area contributed by atoms with E-state index >= 15 is 0 Å². The molecule has 0 saturated carbocycles. The number of aliphatic hydroxyl groups is 1. The van der Waals surface area contributed by atoms with E-state index in [-0.39, 0.29) is 12.3 Å². The number of nitrogens with one attached hydrogen (secondary N) is 2. The summed E-state index contributed by atoms with van der Waals surface area (Å²) in [5, 5.41) is 16.5. The second-order valence-electron chi connectivity index (χ2n) is 5.85. The van der Waals surface area contributed by atoms with Crippen molar-refractivity contribution in [1.82, 2.24) is 15.6 Å². The van der Waals surface area contributed by atoms with E-state index in [1.165, 1.54) is 12.1 Å². The average Bonchev–Trinajstić information content (AvgIpc) is 2.66. The second kappa shape index (κ2) is 10.5. The number of pyridine rings is 1. The summed E-state index contributed by atoms with van der Waals surface area (Å²) in [6, 6.07) is 10.8. The Morgan fingerprint density at radius 2 is 1.93 bits per heavy atom. The maximum Gasteiger partial charge on any atom is 0.573 e. The number of aliphatic imine (C=N–C) groups is 1. The van der Waals surface area contributed by atoms with Gasteiger partial charge in [0.1, 0.15) is 5.75 Å². The molecule has 9 heteroatoms. The van der Waals surface area contributed by atoms with Crippen LogP contribution in [-0.2, 0) is 6.42 Å². The zero-order valence-corrected chi connectivity index (χ0v) is 15.4. The number of nitrogens with zero attached hydrogens (tertiary/aromatic N) is 2. The number of hydrogen-bond donors (Lipinski definition) is 3. The van der Waals surface area contributed by atoms with Crippen molar-refractivity contribution in [3.63, 3.8) is 0 Å². The number of hydrogen-bond acceptors (Lipinski definition) is 4. The highest BCUT2D eigenvalue weighted by atomic mass is 19.4. The summed E-state index contributed by atoms with van der Waals surface area (Å²) in [7, 11) is 0. The average molecular weight is 396 g/mol. The van der Waals surface area contributed by atoms with Gasteiger partial charge in [0.25, 0.3) is 0 Å². The van der Waals surface area contributed by atoms with Gasteiger partial charge in [-0.2, -0.15) is 0 Å². The Kier molecular flexibility index (Phi) is 8.06. The number of rotatable bonds is 8. The third kappa shape index (κ3) is 7.83. The Bertz CT molecular complexity index is 737. The first kappa shape index (κ1) is 21.5. The highest BCUT2D eigenvalue weighted by molar-refractivity contribution is 5.79. The lowest BCUT2D eigenvalue weighted by Gasteiger charge is -2.14. The third-order valence-electron chi connectivity index (χ3n) is 3.66. The van der Waals surface area contributed by atoms with E-state index < -0.39 is 12.5 Å². The van der Waals surface area contributed by atoms with Crippen molar-refractivity contribution in [3.05, 3.63) is 59.9 Å². The zero-order chi connectivity index (χ0) is 20.4. The van der Waals surface area contributed by atoms with Crippen LogP contribution in [0.1, 0.15) is 24.3 Å². The molecule has 2 rings (SSSR count). The Morgan fingerprint density at radius 3 is 2.54 bits per heavy atom. The lowest BCUT2D eigenvalue weighted by Crippen LogP contribution is -2.38. The number of guanidine groups is 1. The van der Waals surface area contributed by atoms with Crippen molar-refractivity contribution in [2.24, 2.45) is 4.99 Å². The molecule has 152 valence electrons. The standard InChI is InChI=1S/C19H23F3N4O2/c1-2-23-18(25-12-10-15-5-3-4-11-24-15)26-13-17(27)14-6-8-16(9-7-14)28-19(20,21)22/h3-9,11,17,27H,2,10,12-13H2,1H3,(H2,23,25,26). The van der Waals surface area contributed by atoms with Crippen LogP contribution in [-0.4, -0.2) is 42.0 Å². The molecule has 6 nitrogen and oxygen atoms in total. The summed E-state index contributed by atoms with van der Waals surface area (Å²) in [5.41, 5.74) is 1.40. The van der Waals surface area contributed by atoms with Gasteiger partial charge in [-0.25, -0.2) is 0 Å². The maximum absolute atomic E-state index is 12.2. The van der Waals surface area contributed by atoms with Crippen molar-refractivity contribution >= 4 is 5.96 Å². The zero-order valence-electron chi connectivity index (χ0n) is 15.4. The number of aliphatic hydroxyl groups excluding tert-OH is 1. The predicted molar refractivity (Wildman–Crippen MR) is 100 cm³/mol. The second-order valence-corrected chi connectivity index (χ2v) is 5.85. The Morgan fingerprint density at radius 1 is 1.18 bits per heavy atom. The summed E-state index contributed by atoms with van der Waals surface area (Å²) >= 11 is 0. The quantitative estimate of drug-likeness (QED) is 0.472. The van der Waals surface area contributed by atoms with Crippen molar-refractivity contribution in [2.45, 2.75) is 25.8 Å². The van der Waals surface area contributed by atoms with Gasteiger partial charge in [0.05, 0.1) is 12.6 Å². The van der Waals surface area contributed by atoms with E-state index in [0.29, 0.717) is 31.0 Å². The van der Waals surface area contributed by atoms with Gasteiger partial charge in [-0.15, -0.1) is 13.2 Å². The van der Waals surface area contributed by atoms with Gasteiger partial charge < -0.3 is 20.5 Å². The number of alkyl halides is 3. The summed E-state index contributed by atoms with van der Waals surface area (Å²) in [6.45, 7) is 3.24. The minimum atomic E-state index is -4.74. The first-order chi connectivity index (χ1) is 13.4. The summed E-state index contributed by atoms with van der Waals surface area (Å²) in [6.07, 6.45) is -3.25. The molecular formula is C19H23F3N4O2. The fraction of sp³-hybridized carbons (Fsp3) is 0.368. The minimum Gasteiger partial charge on any atom is -0.406 e. The Labute approximate surface area is 161 Å². The lowest BCUT2D eigenvalue weighted by molar-refractivity contribution is -0.274. The largest absolute Gasteiger partial charge is 0.573 e. The molecule has 0 bridgehead atoms. The molecule has 0 radical (unpaired) electrons. The molecule has 1 unspecified atom stereocenters. The smallest absolute Gasteiger partial charge is 0.406 e. The molecule has 0 aliphatic heterocycles. The molecule has 28 heavy (non-hydrogen) atoms. The number of halogens is 3. The van der Waals surface area contributed by atoms with Gasteiger partial charge in [0.15, 0.2) is 5.96 Å². The molecule has 0 aliphatic carbocycles. The fourth-order valence-corrected chi connectivity index (χ4v) is 2.37. The van der Waals surface area contributed by atoms with Gasteiger partial charge in [-0.05, 0) is 36.8 Å². The van der Waals surface area contributed by atoms with Crippen LogP contribution < -0.4 is 15.4 Å². The third-order valence-corrected chi connectivity index (χ3v) is 3.66.